The third-order valence-corrected chi connectivity index (χ3v) is 5.14. The van der Waals surface area contributed by atoms with Gasteiger partial charge in [0, 0.05) is 11.4 Å². The molecular formula is C20H16N4O2S. The zero-order valence-corrected chi connectivity index (χ0v) is 15.3. The molecule has 1 amide bonds. The van der Waals surface area contributed by atoms with Crippen molar-refractivity contribution in [1.82, 2.24) is 9.97 Å². The number of nitrogens with one attached hydrogen (secondary N) is 3. The van der Waals surface area contributed by atoms with Crippen molar-refractivity contribution in [3.8, 4) is 0 Å². The van der Waals surface area contributed by atoms with E-state index in [-0.39, 0.29) is 11.5 Å². The molecular weight excluding hydrogens is 360 g/mol. The Kier molecular flexibility index (Phi) is 4.43. The van der Waals surface area contributed by atoms with Crippen molar-refractivity contribution in [1.29, 1.82) is 0 Å². The fraction of sp³-hybridized carbons (Fsp3) is 0.0500. The van der Waals surface area contributed by atoms with E-state index >= 15 is 0 Å². The first-order valence-corrected chi connectivity index (χ1v) is 9.14. The summed E-state index contributed by atoms with van der Waals surface area (Å²) in [6, 6.07) is 17.0. The molecule has 0 unspecified atom stereocenters. The number of hydrogen-bond acceptors (Lipinski definition) is 5. The number of nitrogens with zero attached hydrogens (tertiary/aromatic N) is 1. The molecule has 4 aromatic rings. The second kappa shape index (κ2) is 7.05. The average Bonchev–Trinajstić information content (AvgIpc) is 3.04. The van der Waals surface area contributed by atoms with Gasteiger partial charge in [-0.15, -0.1) is 11.3 Å². The maximum absolute atomic E-state index is 13.0. The molecule has 27 heavy (non-hydrogen) atoms. The first kappa shape index (κ1) is 17.0. The fourth-order valence-electron chi connectivity index (χ4n) is 2.70. The lowest BCUT2D eigenvalue weighted by Gasteiger charge is -2.09. The van der Waals surface area contributed by atoms with Gasteiger partial charge in [0.2, 0.25) is 0 Å². The van der Waals surface area contributed by atoms with E-state index in [0.29, 0.717) is 26.5 Å². The van der Waals surface area contributed by atoms with Crippen LogP contribution in [0.15, 0.2) is 65.7 Å². The Labute approximate surface area is 158 Å². The van der Waals surface area contributed by atoms with E-state index in [1.807, 2.05) is 61.5 Å². The van der Waals surface area contributed by atoms with Gasteiger partial charge in [-0.3, -0.25) is 9.59 Å². The standard InChI is InChI=1S/C20H16N4O2S/c1-12-7-9-14(10-8-12)23-18(25)15-16-17(19(26)22-11-21-16)27-20(15)24-13-5-3-2-4-6-13/h2-11,24H,1H3,(H,23,25)(H,21,22,26). The molecule has 0 saturated heterocycles. The monoisotopic (exact) mass is 376 g/mol. The molecule has 0 saturated carbocycles. The minimum Gasteiger partial charge on any atom is -0.346 e. The number of amides is 1. The number of anilines is 3. The van der Waals surface area contributed by atoms with Crippen LogP contribution in [0, 0.1) is 6.92 Å². The molecule has 2 aromatic carbocycles. The van der Waals surface area contributed by atoms with Crippen LogP contribution in [-0.4, -0.2) is 15.9 Å². The second-order valence-corrected chi connectivity index (χ2v) is 7.05. The highest BCUT2D eigenvalue weighted by Gasteiger charge is 2.22. The highest BCUT2D eigenvalue weighted by Crippen LogP contribution is 2.35. The topological polar surface area (TPSA) is 86.9 Å². The van der Waals surface area contributed by atoms with Crippen LogP contribution in [0.25, 0.3) is 10.2 Å². The van der Waals surface area contributed by atoms with Crippen LogP contribution in [0.4, 0.5) is 16.4 Å². The van der Waals surface area contributed by atoms with Crippen LogP contribution < -0.4 is 16.2 Å². The van der Waals surface area contributed by atoms with Gasteiger partial charge in [-0.25, -0.2) is 4.98 Å². The number of thiophene rings is 1. The summed E-state index contributed by atoms with van der Waals surface area (Å²) in [5.41, 5.74) is 3.08. The number of aryl methyl sites for hydroxylation is 1. The Balaban J connectivity index is 1.78. The molecule has 2 heterocycles. The summed E-state index contributed by atoms with van der Waals surface area (Å²) in [5.74, 6) is -0.318. The van der Waals surface area contributed by atoms with Gasteiger partial charge in [-0.2, -0.15) is 0 Å². The Morgan fingerprint density at radius 2 is 1.78 bits per heavy atom. The predicted octanol–water partition coefficient (Wildman–Crippen LogP) is 4.29. The largest absolute Gasteiger partial charge is 0.346 e. The van der Waals surface area contributed by atoms with Crippen LogP contribution >= 0.6 is 11.3 Å². The van der Waals surface area contributed by atoms with Crippen molar-refractivity contribution in [2.45, 2.75) is 6.92 Å². The molecule has 0 aliphatic carbocycles. The molecule has 134 valence electrons. The average molecular weight is 376 g/mol. The number of hydrogen-bond donors (Lipinski definition) is 3. The summed E-state index contributed by atoms with van der Waals surface area (Å²) in [7, 11) is 0. The van der Waals surface area contributed by atoms with Gasteiger partial charge < -0.3 is 15.6 Å². The highest BCUT2D eigenvalue weighted by molar-refractivity contribution is 7.23. The van der Waals surface area contributed by atoms with Gasteiger partial charge in [0.25, 0.3) is 11.5 Å². The lowest BCUT2D eigenvalue weighted by atomic mass is 10.2. The first-order valence-electron chi connectivity index (χ1n) is 8.32. The van der Waals surface area contributed by atoms with E-state index in [2.05, 4.69) is 20.6 Å². The van der Waals surface area contributed by atoms with Crippen molar-refractivity contribution in [3.05, 3.63) is 82.4 Å². The Morgan fingerprint density at radius 1 is 1.04 bits per heavy atom. The maximum atomic E-state index is 13.0. The smallest absolute Gasteiger partial charge is 0.268 e. The number of benzene rings is 2. The molecule has 2 aromatic heterocycles. The van der Waals surface area contributed by atoms with Crippen LogP contribution in [0.3, 0.4) is 0 Å². The molecule has 6 nitrogen and oxygen atoms in total. The number of aromatic amines is 1. The molecule has 0 aliphatic heterocycles. The van der Waals surface area contributed by atoms with Crippen molar-refractivity contribution < 1.29 is 4.79 Å². The van der Waals surface area contributed by atoms with Crippen molar-refractivity contribution in [2.24, 2.45) is 0 Å². The minimum atomic E-state index is -0.318. The summed E-state index contributed by atoms with van der Waals surface area (Å²) in [5, 5.41) is 6.69. The molecule has 0 fully saturated rings. The van der Waals surface area contributed by atoms with Gasteiger partial charge in [-0.05, 0) is 31.2 Å². The lowest BCUT2D eigenvalue weighted by Crippen LogP contribution is -2.14. The van der Waals surface area contributed by atoms with Crippen LogP contribution in [0.2, 0.25) is 0 Å². The number of rotatable bonds is 4. The van der Waals surface area contributed by atoms with Gasteiger partial charge in [0.05, 0.1) is 6.33 Å². The van der Waals surface area contributed by atoms with Crippen molar-refractivity contribution in [3.63, 3.8) is 0 Å². The summed E-state index contributed by atoms with van der Waals surface area (Å²) >= 11 is 1.21. The first-order chi connectivity index (χ1) is 13.1. The Hall–Kier alpha value is -3.45. The van der Waals surface area contributed by atoms with E-state index in [4.69, 9.17) is 0 Å². The molecule has 3 N–H and O–H groups in total. The van der Waals surface area contributed by atoms with Gasteiger partial charge >= 0.3 is 0 Å². The number of aromatic nitrogens is 2. The Morgan fingerprint density at radius 3 is 2.52 bits per heavy atom. The molecule has 0 bridgehead atoms. The number of carbonyl (C=O) groups is 1. The minimum absolute atomic E-state index is 0.268. The Bertz CT molecular complexity index is 1160. The van der Waals surface area contributed by atoms with Crippen molar-refractivity contribution in [2.75, 3.05) is 10.6 Å². The normalized spacial score (nSPS) is 10.7. The molecule has 0 radical (unpaired) electrons. The zero-order chi connectivity index (χ0) is 18.8. The van der Waals surface area contributed by atoms with Gasteiger partial charge in [0.15, 0.2) is 0 Å². The zero-order valence-electron chi connectivity index (χ0n) is 14.4. The molecule has 4 rings (SSSR count). The summed E-state index contributed by atoms with van der Waals surface area (Å²) in [4.78, 5) is 32.0. The highest BCUT2D eigenvalue weighted by atomic mass is 32.1. The second-order valence-electron chi connectivity index (χ2n) is 6.03. The molecule has 0 aliphatic rings. The number of fused-ring (bicyclic) bond motifs is 1. The van der Waals surface area contributed by atoms with Gasteiger partial charge in [0.1, 0.15) is 20.8 Å². The maximum Gasteiger partial charge on any atom is 0.268 e. The fourth-order valence-corrected chi connectivity index (χ4v) is 3.77. The van der Waals surface area contributed by atoms with Gasteiger partial charge in [-0.1, -0.05) is 35.9 Å². The predicted molar refractivity (Wildman–Crippen MR) is 109 cm³/mol. The lowest BCUT2D eigenvalue weighted by molar-refractivity contribution is 0.102. The van der Waals surface area contributed by atoms with E-state index < -0.39 is 0 Å². The number of H-pyrrole nitrogens is 1. The molecule has 0 spiro atoms. The van der Waals surface area contributed by atoms with E-state index in [1.165, 1.54) is 17.7 Å². The summed E-state index contributed by atoms with van der Waals surface area (Å²) < 4.78 is 0.407. The van der Waals surface area contributed by atoms with Crippen molar-refractivity contribution >= 4 is 43.8 Å². The number of para-hydroxylation sites is 1. The van der Waals surface area contributed by atoms with Crippen LogP contribution in [-0.2, 0) is 0 Å². The van der Waals surface area contributed by atoms with E-state index in [9.17, 15) is 9.59 Å². The third kappa shape index (κ3) is 3.45. The summed E-state index contributed by atoms with van der Waals surface area (Å²) in [6.45, 7) is 1.98. The van der Waals surface area contributed by atoms with E-state index in [1.54, 1.807) is 0 Å². The molecule has 0 atom stereocenters. The molecule has 7 heteroatoms. The number of carbonyl (C=O) groups excluding carboxylic acids is 1. The van der Waals surface area contributed by atoms with Crippen LogP contribution in [0.5, 0.6) is 0 Å². The SMILES string of the molecule is Cc1ccc(NC(=O)c2c(Nc3ccccc3)sc3c(=O)[nH]cnc23)cc1. The quantitative estimate of drug-likeness (QED) is 0.496. The summed E-state index contributed by atoms with van der Waals surface area (Å²) in [6.07, 6.45) is 1.31. The third-order valence-electron chi connectivity index (χ3n) is 4.05. The van der Waals surface area contributed by atoms with Crippen LogP contribution in [0.1, 0.15) is 15.9 Å². The van der Waals surface area contributed by atoms with E-state index in [0.717, 1.165) is 11.3 Å².